The number of aromatic amines is 1. The van der Waals surface area contributed by atoms with Gasteiger partial charge in [0.25, 0.3) is 21.6 Å². The maximum absolute atomic E-state index is 13.1. The Morgan fingerprint density at radius 2 is 1.70 bits per heavy atom. The Kier molecular flexibility index (Phi) is 18.5. The van der Waals surface area contributed by atoms with E-state index in [-0.39, 0.29) is 53.6 Å². The van der Waals surface area contributed by atoms with Crippen LogP contribution in [0.15, 0.2) is 67.8 Å². The number of imidazole rings is 1. The van der Waals surface area contributed by atoms with Gasteiger partial charge >= 0.3 is 40.8 Å². The number of anilines is 2. The number of pyridine rings is 1. The number of benzene rings is 1. The van der Waals surface area contributed by atoms with Crippen LogP contribution in [0.5, 0.6) is 0 Å². The lowest BCUT2D eigenvalue weighted by molar-refractivity contribution is -0.745. The molecule has 6 atom stereocenters. The van der Waals surface area contributed by atoms with Crippen LogP contribution in [-0.4, -0.2) is 115 Å². The van der Waals surface area contributed by atoms with Crippen LogP contribution in [0.25, 0.3) is 34.3 Å². The predicted octanol–water partition coefficient (Wildman–Crippen LogP) is 0.862. The first-order valence-electron chi connectivity index (χ1n) is 22.3. The van der Waals surface area contributed by atoms with E-state index in [9.17, 15) is 60.7 Å². The lowest BCUT2D eigenvalue weighted by atomic mass is 10.1. The van der Waals surface area contributed by atoms with Crippen molar-refractivity contribution in [1.29, 1.82) is 0 Å². The number of nitrogen functional groups attached to an aromatic ring is 1. The number of carbonyl (C=O) groups excluding carboxylic acids is 2. The smallest absolute Gasteiger partial charge is 0.437 e. The molecule has 1 saturated heterocycles. The van der Waals surface area contributed by atoms with Gasteiger partial charge in [-0.25, -0.2) is 27.9 Å². The Labute approximate surface area is 419 Å². The summed E-state index contributed by atoms with van der Waals surface area (Å²) in [6.45, 7) is 4.38. The van der Waals surface area contributed by atoms with E-state index >= 15 is 0 Å². The summed E-state index contributed by atoms with van der Waals surface area (Å²) in [7, 11) is -20.4. The quantitative estimate of drug-likeness (QED) is 0.0135. The summed E-state index contributed by atoms with van der Waals surface area (Å²) in [6, 6.07) is 9.98. The lowest BCUT2D eigenvalue weighted by Gasteiger charge is -2.20. The summed E-state index contributed by atoms with van der Waals surface area (Å²) in [5, 5.41) is 16.9. The summed E-state index contributed by atoms with van der Waals surface area (Å²) in [6.07, 6.45) is -1.07. The molecule has 34 heteroatoms. The van der Waals surface area contributed by atoms with Crippen LogP contribution in [0.2, 0.25) is 0 Å². The fourth-order valence-corrected chi connectivity index (χ4v) is 11.3. The van der Waals surface area contributed by atoms with E-state index in [0.29, 0.717) is 35.9 Å². The van der Waals surface area contributed by atoms with Gasteiger partial charge in [-0.05, 0) is 57.0 Å². The molecule has 30 nitrogen and oxygen atoms in total. The van der Waals surface area contributed by atoms with E-state index in [2.05, 4.69) is 38.6 Å². The predicted molar refractivity (Wildman–Crippen MR) is 257 cm³/mol. The molecule has 2 unspecified atom stereocenters. The number of hydrogen-bond donors (Lipinski definition) is 10. The number of ether oxygens (including phenoxy) is 2. The van der Waals surface area contributed by atoms with Crippen LogP contribution < -0.4 is 41.6 Å². The highest BCUT2D eigenvalue weighted by Crippen LogP contribution is 2.66. The Morgan fingerprint density at radius 3 is 2.39 bits per heavy atom. The van der Waals surface area contributed by atoms with Gasteiger partial charge in [0.1, 0.15) is 24.3 Å². The van der Waals surface area contributed by atoms with Crippen molar-refractivity contribution in [1.82, 2.24) is 25.2 Å². The summed E-state index contributed by atoms with van der Waals surface area (Å²) in [4.78, 5) is 96.6. The lowest BCUT2D eigenvalue weighted by Crippen LogP contribution is -2.49. The number of nitrogens with two attached hydrogens (primary N) is 1. The number of aryl methyl sites for hydroxylation is 2. The molecular formula is C40H54N9O21P3S+2. The van der Waals surface area contributed by atoms with E-state index in [1.165, 1.54) is 36.3 Å². The molecule has 404 valence electrons. The van der Waals surface area contributed by atoms with Crippen molar-refractivity contribution >= 4 is 91.5 Å². The normalized spacial score (nSPS) is 18.9. The molecule has 4 aromatic heterocycles. The standard InChI is InChI=1S/C40H52N9O21P3S/c1-4-47(5-2)27-13-10-24-19-25(38(53)67-29(24)20-27)11-12-26-14-15-28(74(62,63)64)21-48(26)18-8-6-7-9-31(50)42-16-17-43-40(54)68-34-33(51)30(22-65-72(58,59)70-73(60,61)69-71(55,56)57)66-37(34)49-23-46(3)32-35(49)44-39(41)45-36(32)52/h10-15,19-21,23,30,33-34,37,51H,4-9,16-18,22H2,1-3H3,(H8-2,41,42,43,44,45,50,52,54,55,56,57,58,59,60,61,62,63,64)/p+2/t30-,33-,34-,37-/m1/s1. The fraction of sp³-hybridized carbons (Fsp3) is 0.425. The van der Waals surface area contributed by atoms with Crippen molar-refractivity contribution < 1.29 is 97.1 Å². The number of fused-ring (bicyclic) bond motifs is 2. The average Bonchev–Trinajstić information content (AvgIpc) is 3.79. The number of rotatable bonds is 24. The maximum Gasteiger partial charge on any atom is 0.490 e. The number of hydrogen-bond acceptors (Lipinski definition) is 19. The van der Waals surface area contributed by atoms with Gasteiger partial charge in [-0.1, -0.05) is 4.98 Å². The second kappa shape index (κ2) is 23.8. The van der Waals surface area contributed by atoms with Gasteiger partial charge in [-0.2, -0.15) is 21.6 Å². The largest absolute Gasteiger partial charge is 0.490 e. The number of nitrogens with one attached hydrogen (secondary N) is 3. The number of phosphoric ester groups is 1. The van der Waals surface area contributed by atoms with Gasteiger partial charge in [0.15, 0.2) is 23.5 Å². The average molecular weight is 1120 g/mol. The van der Waals surface area contributed by atoms with Gasteiger partial charge in [0.2, 0.25) is 23.3 Å². The molecule has 0 spiro atoms. The van der Waals surface area contributed by atoms with Crippen molar-refractivity contribution in [3.63, 3.8) is 0 Å². The van der Waals surface area contributed by atoms with Crippen LogP contribution in [0.4, 0.5) is 16.4 Å². The fourth-order valence-electron chi connectivity index (χ4n) is 7.72. The molecule has 0 aliphatic carbocycles. The highest BCUT2D eigenvalue weighted by atomic mass is 32.2. The Balaban J connectivity index is 1.01. The van der Waals surface area contributed by atoms with E-state index < -0.39 is 87.9 Å². The minimum Gasteiger partial charge on any atom is -0.437 e. The van der Waals surface area contributed by atoms with Gasteiger partial charge in [-0.15, -0.1) is 0 Å². The van der Waals surface area contributed by atoms with Crippen molar-refractivity contribution in [2.24, 2.45) is 7.05 Å². The molecule has 6 rings (SSSR count). The van der Waals surface area contributed by atoms with Gasteiger partial charge < -0.3 is 59.8 Å². The molecule has 5 aromatic rings. The number of amides is 2. The molecular weight excluding hydrogens is 1070 g/mol. The number of nitrogens with zero attached hydrogens (tertiary/aromatic N) is 5. The van der Waals surface area contributed by atoms with Crippen LogP contribution in [0.1, 0.15) is 57.0 Å². The molecule has 1 aliphatic heterocycles. The topological polar surface area (TPSA) is 429 Å². The second-order valence-electron chi connectivity index (χ2n) is 16.3. The van der Waals surface area contributed by atoms with Gasteiger partial charge in [0.05, 0.1) is 19.2 Å². The van der Waals surface area contributed by atoms with Gasteiger partial charge in [0, 0.05) is 68.3 Å². The molecule has 0 bridgehead atoms. The van der Waals surface area contributed by atoms with Crippen molar-refractivity contribution in [3.05, 3.63) is 81.0 Å². The second-order valence-corrected chi connectivity index (χ2v) is 22.2. The monoisotopic (exact) mass is 1120 g/mol. The van der Waals surface area contributed by atoms with Crippen LogP contribution in [0.3, 0.4) is 0 Å². The molecule has 0 radical (unpaired) electrons. The number of carbonyl (C=O) groups is 2. The minimum absolute atomic E-state index is 0.0554. The summed E-state index contributed by atoms with van der Waals surface area (Å²) >= 11 is 0. The maximum atomic E-state index is 13.1. The summed E-state index contributed by atoms with van der Waals surface area (Å²) in [5.74, 6) is -0.736. The zero-order valence-corrected chi connectivity index (χ0v) is 43.0. The number of phosphoric acid groups is 3. The van der Waals surface area contributed by atoms with E-state index in [0.717, 1.165) is 23.3 Å². The molecule has 1 fully saturated rings. The van der Waals surface area contributed by atoms with Crippen molar-refractivity contribution in [2.45, 2.75) is 75.5 Å². The van der Waals surface area contributed by atoms with Gasteiger partial charge in [-0.3, -0.25) is 28.2 Å². The van der Waals surface area contributed by atoms with Crippen LogP contribution >= 0.6 is 23.5 Å². The van der Waals surface area contributed by atoms with Crippen molar-refractivity contribution in [3.8, 4) is 0 Å². The molecule has 0 saturated carbocycles. The minimum atomic E-state index is -5.91. The number of aliphatic hydroxyl groups is 1. The number of unbranched alkanes of at least 4 members (excludes halogenated alkanes) is 2. The third-order valence-corrected chi connectivity index (χ3v) is 15.7. The van der Waals surface area contributed by atoms with E-state index in [4.69, 9.17) is 29.4 Å². The molecule has 1 aromatic carbocycles. The zero-order chi connectivity index (χ0) is 54.3. The number of H-pyrrole nitrogens is 1. The van der Waals surface area contributed by atoms with Crippen LogP contribution in [-0.2, 0) is 64.8 Å². The van der Waals surface area contributed by atoms with Crippen molar-refractivity contribution in [2.75, 3.05) is 43.4 Å². The summed E-state index contributed by atoms with van der Waals surface area (Å²) < 4.78 is 102. The molecule has 74 heavy (non-hydrogen) atoms. The summed E-state index contributed by atoms with van der Waals surface area (Å²) in [5.41, 5.74) is 6.35. The third kappa shape index (κ3) is 15.2. The highest BCUT2D eigenvalue weighted by molar-refractivity contribution is 7.85. The Morgan fingerprint density at radius 1 is 0.986 bits per heavy atom. The van der Waals surface area contributed by atoms with Crippen LogP contribution in [0, 0.1) is 0 Å². The zero-order valence-electron chi connectivity index (χ0n) is 39.5. The number of aromatic nitrogens is 5. The third-order valence-electron chi connectivity index (χ3n) is 11.1. The molecule has 5 heterocycles. The molecule has 2 amide bonds. The first-order chi connectivity index (χ1) is 34.7. The highest BCUT2D eigenvalue weighted by Gasteiger charge is 2.52. The Hall–Kier alpha value is -5.75. The molecule has 1 aliphatic rings. The SMILES string of the molecule is CCN(CC)c1ccc2cc(/C=C/c3ccc(S(=O)(=O)O)c[n+]3CCCCCC(=O)NCCNC(=O)O[C@@H]3[C@H](O)[C@@H](COP(=O)(O)OP(=O)(O)OP(=O)(O)O)O[C@H]3[n+]3cn(C)c4c(=O)[nH]c(N)nc43)c(=O)oc2c1. The van der Waals surface area contributed by atoms with E-state index in [1.54, 1.807) is 28.9 Å². The first-order valence-corrected chi connectivity index (χ1v) is 28.2. The Bertz CT molecular complexity index is 3310. The number of aliphatic hydroxyl groups excluding tert-OH is 1. The molecule has 11 N–H and O–H groups in total. The number of alkyl carbamates (subject to hydrolysis) is 1. The van der Waals surface area contributed by atoms with E-state index in [1.807, 2.05) is 26.0 Å². The first kappa shape index (κ1) is 57.5.